The van der Waals surface area contributed by atoms with E-state index < -0.39 is 5.25 Å². The van der Waals surface area contributed by atoms with Gasteiger partial charge in [-0.15, -0.1) is 10.2 Å². The van der Waals surface area contributed by atoms with E-state index in [0.29, 0.717) is 21.7 Å². The summed E-state index contributed by atoms with van der Waals surface area (Å²) in [5.41, 5.74) is 1.43. The molecule has 3 aromatic rings. The summed E-state index contributed by atoms with van der Waals surface area (Å²) in [4.78, 5) is 12.4. The average molecular weight is 404 g/mol. The van der Waals surface area contributed by atoms with Crippen molar-refractivity contribution in [3.8, 4) is 17.1 Å². The van der Waals surface area contributed by atoms with Gasteiger partial charge in [0, 0.05) is 16.3 Å². The molecule has 2 aromatic carbocycles. The maximum absolute atomic E-state index is 12.4. The van der Waals surface area contributed by atoms with Gasteiger partial charge in [0.1, 0.15) is 5.75 Å². The minimum atomic E-state index is -0.431. The van der Waals surface area contributed by atoms with Gasteiger partial charge in [-0.2, -0.15) is 0 Å². The highest BCUT2D eigenvalue weighted by Crippen LogP contribution is 2.26. The molecule has 0 bridgehead atoms. The lowest BCUT2D eigenvalue weighted by Crippen LogP contribution is -2.23. The van der Waals surface area contributed by atoms with Crippen LogP contribution in [0.4, 0.5) is 5.69 Å². The smallest absolute Gasteiger partial charge is 0.237 e. The van der Waals surface area contributed by atoms with Crippen LogP contribution in [0.1, 0.15) is 6.92 Å². The van der Waals surface area contributed by atoms with Gasteiger partial charge in [-0.3, -0.25) is 4.79 Å². The Morgan fingerprint density at radius 2 is 2.00 bits per heavy atom. The number of hydrogen-bond donors (Lipinski definition) is 2. The number of thioether (sulfide) groups is 1. The zero-order valence-corrected chi connectivity index (χ0v) is 16.3. The number of ether oxygens (including phenoxy) is 1. The molecule has 1 aromatic heterocycles. The first-order valence-electron chi connectivity index (χ1n) is 8.06. The monoisotopic (exact) mass is 403 g/mol. The molecule has 0 aliphatic heterocycles. The fourth-order valence-electron chi connectivity index (χ4n) is 2.32. The normalized spacial score (nSPS) is 11.8. The number of nitrogens with two attached hydrogens (primary N) is 1. The Labute approximate surface area is 165 Å². The lowest BCUT2D eigenvalue weighted by atomic mass is 10.2. The van der Waals surface area contributed by atoms with Crippen LogP contribution in [0.3, 0.4) is 0 Å². The molecule has 0 saturated carbocycles. The highest BCUT2D eigenvalue weighted by Gasteiger charge is 2.20. The summed E-state index contributed by atoms with van der Waals surface area (Å²) in [6, 6.07) is 14.3. The van der Waals surface area contributed by atoms with Crippen molar-refractivity contribution < 1.29 is 9.53 Å². The first kappa shape index (κ1) is 19.1. The van der Waals surface area contributed by atoms with Crippen LogP contribution in [0.5, 0.6) is 5.75 Å². The topological polar surface area (TPSA) is 95.1 Å². The van der Waals surface area contributed by atoms with Crippen molar-refractivity contribution >= 4 is 35.0 Å². The number of amides is 1. The van der Waals surface area contributed by atoms with Gasteiger partial charge in [-0.1, -0.05) is 29.4 Å². The summed E-state index contributed by atoms with van der Waals surface area (Å²) in [6.07, 6.45) is 0. The summed E-state index contributed by atoms with van der Waals surface area (Å²) >= 11 is 7.16. The van der Waals surface area contributed by atoms with Gasteiger partial charge >= 0.3 is 0 Å². The second kappa shape index (κ2) is 8.32. The summed E-state index contributed by atoms with van der Waals surface area (Å²) in [5, 5.41) is 11.6. The van der Waals surface area contributed by atoms with Crippen molar-refractivity contribution in [3.63, 3.8) is 0 Å². The van der Waals surface area contributed by atoms with Crippen molar-refractivity contribution in [2.75, 3.05) is 18.3 Å². The Hall–Kier alpha value is -2.71. The Morgan fingerprint density at radius 1 is 1.26 bits per heavy atom. The number of rotatable bonds is 6. The average Bonchev–Trinajstić information content (AvgIpc) is 3.02. The Morgan fingerprint density at radius 3 is 2.67 bits per heavy atom. The molecular weight excluding hydrogens is 386 g/mol. The molecule has 0 aliphatic rings. The summed E-state index contributed by atoms with van der Waals surface area (Å²) in [7, 11) is 1.60. The van der Waals surface area contributed by atoms with Crippen molar-refractivity contribution in [2.24, 2.45) is 0 Å². The third kappa shape index (κ3) is 4.53. The van der Waals surface area contributed by atoms with E-state index in [4.69, 9.17) is 22.2 Å². The Bertz CT molecular complexity index is 945. The quantitative estimate of drug-likeness (QED) is 0.483. The lowest BCUT2D eigenvalue weighted by Gasteiger charge is -2.11. The van der Waals surface area contributed by atoms with Crippen LogP contribution in [0.15, 0.2) is 53.7 Å². The first-order valence-corrected chi connectivity index (χ1v) is 9.31. The van der Waals surface area contributed by atoms with E-state index in [1.54, 1.807) is 38.3 Å². The van der Waals surface area contributed by atoms with Gasteiger partial charge in [0.05, 0.1) is 12.4 Å². The molecule has 3 N–H and O–H groups in total. The molecule has 9 heteroatoms. The molecule has 1 atom stereocenters. The molecule has 7 nitrogen and oxygen atoms in total. The van der Waals surface area contributed by atoms with E-state index in [-0.39, 0.29) is 5.91 Å². The zero-order chi connectivity index (χ0) is 19.4. The highest BCUT2D eigenvalue weighted by molar-refractivity contribution is 8.00. The number of aromatic nitrogens is 3. The second-order valence-electron chi connectivity index (χ2n) is 5.66. The third-order valence-electron chi connectivity index (χ3n) is 3.76. The maximum Gasteiger partial charge on any atom is 0.237 e. The second-order valence-corrected chi connectivity index (χ2v) is 7.41. The van der Waals surface area contributed by atoms with Crippen LogP contribution in [0, 0.1) is 0 Å². The van der Waals surface area contributed by atoms with Crippen molar-refractivity contribution in [1.29, 1.82) is 0 Å². The van der Waals surface area contributed by atoms with Crippen molar-refractivity contribution in [2.45, 2.75) is 17.3 Å². The summed E-state index contributed by atoms with van der Waals surface area (Å²) in [6.45, 7) is 1.77. The predicted molar refractivity (Wildman–Crippen MR) is 108 cm³/mol. The van der Waals surface area contributed by atoms with E-state index in [9.17, 15) is 4.79 Å². The number of halogens is 1. The number of benzene rings is 2. The van der Waals surface area contributed by atoms with Crippen LogP contribution in [-0.4, -0.2) is 33.1 Å². The van der Waals surface area contributed by atoms with Gasteiger partial charge in [-0.05, 0) is 49.4 Å². The first-order chi connectivity index (χ1) is 13.0. The van der Waals surface area contributed by atoms with Crippen molar-refractivity contribution in [1.82, 2.24) is 14.9 Å². The SMILES string of the molecule is COc1ccc(-c2nnc(S[C@H](C)C(=O)Nc3cccc(Cl)c3)n2N)cc1. The number of carbonyl (C=O) groups is 1. The molecule has 0 spiro atoms. The van der Waals surface area contributed by atoms with Crippen LogP contribution < -0.4 is 15.9 Å². The molecule has 0 fully saturated rings. The van der Waals surface area contributed by atoms with E-state index >= 15 is 0 Å². The summed E-state index contributed by atoms with van der Waals surface area (Å²) < 4.78 is 6.52. The van der Waals surface area contributed by atoms with Crippen molar-refractivity contribution in [3.05, 3.63) is 53.6 Å². The molecule has 1 amide bonds. The van der Waals surface area contributed by atoms with Gasteiger partial charge in [0.15, 0.2) is 5.82 Å². The molecule has 0 aliphatic carbocycles. The van der Waals surface area contributed by atoms with E-state index in [1.165, 1.54) is 16.4 Å². The van der Waals surface area contributed by atoms with Crippen LogP contribution in [0.25, 0.3) is 11.4 Å². The maximum atomic E-state index is 12.4. The third-order valence-corrected chi connectivity index (χ3v) is 5.05. The minimum absolute atomic E-state index is 0.184. The molecular formula is C18H18ClN5O2S. The largest absolute Gasteiger partial charge is 0.497 e. The molecule has 27 heavy (non-hydrogen) atoms. The van der Waals surface area contributed by atoms with Gasteiger partial charge in [0.25, 0.3) is 0 Å². The number of nitrogen functional groups attached to an aromatic ring is 1. The van der Waals surface area contributed by atoms with Crippen LogP contribution in [0.2, 0.25) is 5.02 Å². The number of nitrogens with one attached hydrogen (secondary N) is 1. The van der Waals surface area contributed by atoms with E-state index in [2.05, 4.69) is 15.5 Å². The van der Waals surface area contributed by atoms with Crippen LogP contribution >= 0.6 is 23.4 Å². The Balaban J connectivity index is 1.70. The van der Waals surface area contributed by atoms with Gasteiger partial charge in [-0.25, -0.2) is 4.68 Å². The fraction of sp³-hybridized carbons (Fsp3) is 0.167. The lowest BCUT2D eigenvalue weighted by molar-refractivity contribution is -0.115. The Kier molecular flexibility index (Phi) is 5.88. The molecule has 3 rings (SSSR count). The molecule has 1 heterocycles. The highest BCUT2D eigenvalue weighted by atomic mass is 35.5. The summed E-state index contributed by atoms with van der Waals surface area (Å²) in [5.74, 6) is 7.17. The van der Waals surface area contributed by atoms with E-state index in [1.807, 2.05) is 24.3 Å². The molecule has 140 valence electrons. The number of anilines is 1. The molecule has 0 saturated heterocycles. The zero-order valence-electron chi connectivity index (χ0n) is 14.7. The van der Waals surface area contributed by atoms with Gasteiger partial charge in [0.2, 0.25) is 11.1 Å². The molecule has 0 unspecified atom stereocenters. The number of hydrogen-bond acceptors (Lipinski definition) is 6. The van der Waals surface area contributed by atoms with Gasteiger partial charge < -0.3 is 15.9 Å². The minimum Gasteiger partial charge on any atom is -0.497 e. The number of carbonyl (C=O) groups excluding carboxylic acids is 1. The fourth-order valence-corrected chi connectivity index (χ4v) is 3.28. The molecule has 0 radical (unpaired) electrons. The standard InChI is InChI=1S/C18H18ClN5O2S/c1-11(17(25)21-14-5-3-4-13(19)10-14)27-18-23-22-16(24(18)20)12-6-8-15(26-2)9-7-12/h3-11H,20H2,1-2H3,(H,21,25)/t11-/m1/s1. The van der Waals surface area contributed by atoms with Crippen LogP contribution in [-0.2, 0) is 4.79 Å². The number of nitrogens with zero attached hydrogens (tertiary/aromatic N) is 3. The van der Waals surface area contributed by atoms with E-state index in [0.717, 1.165) is 11.3 Å². The predicted octanol–water partition coefficient (Wildman–Crippen LogP) is 3.44. The number of methoxy groups -OCH3 is 1.